The van der Waals surface area contributed by atoms with E-state index in [0.29, 0.717) is 10.9 Å². The molecule has 0 aliphatic heterocycles. The lowest BCUT2D eigenvalue weighted by atomic mass is 10.4. The van der Waals surface area contributed by atoms with E-state index in [2.05, 4.69) is 91.0 Å². The Morgan fingerprint density at radius 3 is 1.58 bits per heavy atom. The van der Waals surface area contributed by atoms with E-state index in [0.717, 1.165) is 15.4 Å². The number of hydrogen-bond donors (Lipinski definition) is 0. The average Bonchev–Trinajstić information content (AvgIpc) is 3.23. The van der Waals surface area contributed by atoms with Gasteiger partial charge in [-0.1, -0.05) is 66.2 Å². The normalized spacial score (nSPS) is 11.5. The number of rotatable bonds is 6. The van der Waals surface area contributed by atoms with Crippen molar-refractivity contribution in [3.05, 3.63) is 126 Å². The molecule has 4 aromatic carbocycles. The van der Waals surface area contributed by atoms with Crippen molar-refractivity contribution in [2.45, 2.75) is 16.9 Å². The summed E-state index contributed by atoms with van der Waals surface area (Å²) in [6, 6.07) is 40.0. The molecule has 0 bridgehead atoms. The van der Waals surface area contributed by atoms with Crippen LogP contribution < -0.4 is 21.3 Å². The number of hydrogen-bond acceptors (Lipinski definition) is 3. The summed E-state index contributed by atoms with van der Waals surface area (Å²) >= 11 is 7.72. The van der Waals surface area contributed by atoms with Gasteiger partial charge < -0.3 is 4.42 Å². The van der Waals surface area contributed by atoms with Gasteiger partial charge in [0.25, 0.3) is 5.44 Å². The largest absolute Gasteiger partial charge is 0.430 e. The molecule has 0 atom stereocenters. The number of nitrogens with zero attached hydrogens (tertiary/aromatic N) is 1. The van der Waals surface area contributed by atoms with Crippen molar-refractivity contribution in [3.63, 3.8) is 0 Å². The minimum atomic E-state index is -2.32. The van der Waals surface area contributed by atoms with Crippen molar-refractivity contribution in [1.82, 2.24) is 4.98 Å². The lowest BCUT2D eigenvalue weighted by Gasteiger charge is -2.25. The zero-order chi connectivity index (χ0) is 22.7. The van der Waals surface area contributed by atoms with Crippen molar-refractivity contribution in [2.75, 3.05) is 0 Å². The number of aromatic nitrogens is 1. The summed E-state index contributed by atoms with van der Waals surface area (Å²) in [5.74, 6) is 0.661. The van der Waals surface area contributed by atoms with Crippen LogP contribution in [0.15, 0.2) is 130 Å². The first-order valence-corrected chi connectivity index (χ1v) is 13.6. The van der Waals surface area contributed by atoms with Gasteiger partial charge in [-0.2, -0.15) is 4.98 Å². The highest BCUT2D eigenvalue weighted by atomic mass is 35.5. The van der Waals surface area contributed by atoms with Gasteiger partial charge in [0.05, 0.1) is 0 Å². The fourth-order valence-corrected chi connectivity index (χ4v) is 9.61. The van der Waals surface area contributed by atoms with Crippen LogP contribution in [0.5, 0.6) is 0 Å². The number of halogens is 1. The van der Waals surface area contributed by atoms with Gasteiger partial charge in [-0.25, -0.2) is 0 Å². The van der Waals surface area contributed by atoms with E-state index < -0.39 is 7.26 Å². The maximum Gasteiger partial charge on any atom is 0.251 e. The summed E-state index contributed by atoms with van der Waals surface area (Å²) in [6.07, 6.45) is 0. The van der Waals surface area contributed by atoms with E-state index in [1.54, 1.807) is 11.8 Å². The molecule has 5 aromatic rings. The molecule has 0 radical (unpaired) electrons. The molecule has 0 aliphatic carbocycles. The summed E-state index contributed by atoms with van der Waals surface area (Å²) in [7, 11) is -2.32. The Balaban J connectivity index is 1.82. The molecule has 0 saturated heterocycles. The molecule has 2 nitrogen and oxygen atoms in total. The van der Waals surface area contributed by atoms with Gasteiger partial charge in [0.15, 0.2) is 13.2 Å². The lowest BCUT2D eigenvalue weighted by Crippen LogP contribution is -2.40. The van der Waals surface area contributed by atoms with Crippen molar-refractivity contribution in [1.29, 1.82) is 0 Å². The van der Waals surface area contributed by atoms with E-state index in [4.69, 9.17) is 21.0 Å². The van der Waals surface area contributed by atoms with Gasteiger partial charge in [0.2, 0.25) is 5.09 Å². The quantitative estimate of drug-likeness (QED) is 0.259. The number of oxazole rings is 1. The molecule has 1 aromatic heterocycles. The summed E-state index contributed by atoms with van der Waals surface area (Å²) < 4.78 is 6.27. The third-order valence-corrected chi connectivity index (χ3v) is 11.0. The maximum atomic E-state index is 6.27. The molecule has 0 spiro atoms. The second-order valence-electron chi connectivity index (χ2n) is 7.58. The molecular weight excluding hydrogens is 465 g/mol. The van der Waals surface area contributed by atoms with Gasteiger partial charge in [0.1, 0.15) is 15.9 Å². The molecular formula is C28H22ClNOPS+. The number of benzene rings is 4. The maximum absolute atomic E-state index is 6.27. The van der Waals surface area contributed by atoms with Crippen molar-refractivity contribution in [2.24, 2.45) is 0 Å². The monoisotopic (exact) mass is 486 g/mol. The van der Waals surface area contributed by atoms with Crippen LogP contribution in [0.2, 0.25) is 5.02 Å². The highest BCUT2D eigenvalue weighted by Crippen LogP contribution is 2.56. The van der Waals surface area contributed by atoms with Gasteiger partial charge in [-0.15, -0.1) is 0 Å². The lowest BCUT2D eigenvalue weighted by molar-refractivity contribution is 0.444. The van der Waals surface area contributed by atoms with Gasteiger partial charge >= 0.3 is 0 Å². The minimum Gasteiger partial charge on any atom is -0.430 e. The van der Waals surface area contributed by atoms with Crippen LogP contribution in [0.3, 0.4) is 0 Å². The number of aryl methyl sites for hydroxylation is 1. The van der Waals surface area contributed by atoms with E-state index in [1.807, 2.05) is 31.2 Å². The molecule has 0 aliphatic rings. The third-order valence-electron chi connectivity index (χ3n) is 5.46. The smallest absolute Gasteiger partial charge is 0.251 e. The highest BCUT2D eigenvalue weighted by Gasteiger charge is 2.52. The molecule has 1 heterocycles. The van der Waals surface area contributed by atoms with Crippen molar-refractivity contribution >= 4 is 52.0 Å². The van der Waals surface area contributed by atoms with Crippen LogP contribution in [-0.2, 0) is 0 Å². The Bertz CT molecular complexity index is 1240. The first kappa shape index (κ1) is 22.0. The summed E-state index contributed by atoms with van der Waals surface area (Å²) in [5.41, 5.74) is 0.989. The van der Waals surface area contributed by atoms with E-state index >= 15 is 0 Å². The zero-order valence-corrected chi connectivity index (χ0v) is 20.5. The predicted molar refractivity (Wildman–Crippen MR) is 142 cm³/mol. The molecule has 5 heteroatoms. The molecule has 0 unspecified atom stereocenters. The Hall–Kier alpha value is -2.84. The zero-order valence-electron chi connectivity index (χ0n) is 18.1. The second kappa shape index (κ2) is 9.57. The molecule has 162 valence electrons. The molecule has 0 amide bonds. The topological polar surface area (TPSA) is 26.0 Å². The average molecular weight is 487 g/mol. The Kier molecular flexibility index (Phi) is 6.37. The van der Waals surface area contributed by atoms with Crippen LogP contribution in [0, 0.1) is 6.92 Å². The molecule has 5 rings (SSSR count). The van der Waals surface area contributed by atoms with E-state index in [1.165, 1.54) is 15.9 Å². The van der Waals surface area contributed by atoms with E-state index in [-0.39, 0.29) is 0 Å². The van der Waals surface area contributed by atoms with Crippen molar-refractivity contribution in [3.8, 4) is 0 Å². The molecule has 0 fully saturated rings. The molecule has 33 heavy (non-hydrogen) atoms. The summed E-state index contributed by atoms with van der Waals surface area (Å²) in [6.45, 7) is 1.92. The fraction of sp³-hybridized carbons (Fsp3) is 0.0357. The predicted octanol–water partition coefficient (Wildman–Crippen LogP) is 6.41. The second-order valence-corrected chi connectivity index (χ2v) is 12.4. The third kappa shape index (κ3) is 4.25. The van der Waals surface area contributed by atoms with Crippen LogP contribution in [-0.4, -0.2) is 4.98 Å². The van der Waals surface area contributed by atoms with Crippen LogP contribution in [0.4, 0.5) is 0 Å². The Labute approximate surface area is 204 Å². The first-order chi connectivity index (χ1) is 16.2. The Morgan fingerprint density at radius 2 is 1.12 bits per heavy atom. The van der Waals surface area contributed by atoms with Gasteiger partial charge in [-0.3, -0.25) is 0 Å². The highest BCUT2D eigenvalue weighted by molar-refractivity contribution is 8.04. The fourth-order valence-electron chi connectivity index (χ4n) is 4.05. The van der Waals surface area contributed by atoms with Crippen LogP contribution in [0.25, 0.3) is 0 Å². The minimum absolute atomic E-state index is 0.661. The SMILES string of the molecule is Cc1nc([P+](c2ccccc2)(c2ccccc2)c2ccccc2)c(Sc2ccc(Cl)cc2)o1. The van der Waals surface area contributed by atoms with Gasteiger partial charge in [0, 0.05) is 16.8 Å². The first-order valence-electron chi connectivity index (χ1n) is 10.7. The molecule has 0 N–H and O–H groups in total. The van der Waals surface area contributed by atoms with Crippen molar-refractivity contribution < 1.29 is 4.42 Å². The summed E-state index contributed by atoms with van der Waals surface area (Å²) in [4.78, 5) is 6.12. The van der Waals surface area contributed by atoms with Crippen LogP contribution in [0.1, 0.15) is 5.89 Å². The Morgan fingerprint density at radius 1 is 0.667 bits per heavy atom. The van der Waals surface area contributed by atoms with Gasteiger partial charge in [-0.05, 0) is 72.4 Å². The van der Waals surface area contributed by atoms with Crippen LogP contribution >= 0.6 is 30.6 Å². The summed E-state index contributed by atoms with van der Waals surface area (Å²) in [5, 5.41) is 5.27. The van der Waals surface area contributed by atoms with E-state index in [9.17, 15) is 0 Å². The molecule has 0 saturated carbocycles. The standard InChI is InChI=1S/C28H22ClNOPS/c1-21-30-27(28(31-21)33-26-19-17-22(29)18-20-26)32(23-11-5-2-6-12-23,24-13-7-3-8-14-24)25-15-9-4-10-16-25/h2-20H,1H3/q+1.